The number of allylic oxidation sites excluding steroid dienone is 6. The van der Waals surface area contributed by atoms with Gasteiger partial charge in [-0.2, -0.15) is 0 Å². The summed E-state index contributed by atoms with van der Waals surface area (Å²) in [4.78, 5) is 38.1. The molecule has 0 unspecified atom stereocenters. The van der Waals surface area contributed by atoms with Crippen LogP contribution in [0.15, 0.2) is 36.5 Å². The summed E-state index contributed by atoms with van der Waals surface area (Å²) in [6.07, 6.45) is 65.6. The molecule has 386 valence electrons. The highest BCUT2D eigenvalue weighted by Crippen LogP contribution is 2.17. The topological polar surface area (TPSA) is 78.9 Å². The van der Waals surface area contributed by atoms with E-state index in [9.17, 15) is 14.4 Å². The number of ether oxygens (including phenoxy) is 3. The molecule has 0 N–H and O–H groups in total. The zero-order chi connectivity index (χ0) is 47.9. The van der Waals surface area contributed by atoms with Gasteiger partial charge in [0.05, 0.1) is 0 Å². The Morgan fingerprint density at radius 2 is 0.591 bits per heavy atom. The van der Waals surface area contributed by atoms with Gasteiger partial charge < -0.3 is 14.2 Å². The lowest BCUT2D eigenvalue weighted by Crippen LogP contribution is -2.30. The van der Waals surface area contributed by atoms with E-state index in [0.717, 1.165) is 96.3 Å². The van der Waals surface area contributed by atoms with Crippen LogP contribution in [0.5, 0.6) is 0 Å². The molecule has 6 nitrogen and oxygen atoms in total. The fourth-order valence-corrected chi connectivity index (χ4v) is 8.58. The van der Waals surface area contributed by atoms with Gasteiger partial charge >= 0.3 is 17.9 Å². The number of unbranched alkanes of at least 4 members (excludes halogenated alkanes) is 36. The van der Waals surface area contributed by atoms with Crippen LogP contribution in [0.1, 0.15) is 310 Å². The lowest BCUT2D eigenvalue weighted by molar-refractivity contribution is -0.167. The van der Waals surface area contributed by atoms with E-state index < -0.39 is 6.10 Å². The summed E-state index contributed by atoms with van der Waals surface area (Å²) in [5.74, 6) is -0.870. The van der Waals surface area contributed by atoms with Crippen LogP contribution in [0.4, 0.5) is 0 Å². The standard InChI is InChI=1S/C60H110O6/c1-4-7-10-13-16-19-22-25-28-30-33-35-38-41-44-47-50-53-59(62)65-56-57(55-64-58(61)52-49-46-43-40-37-34-31-27-24-21-18-15-12-9-6-3)66-60(63)54-51-48-45-42-39-36-32-29-26-23-20-17-14-11-8-5-2/h9,12,18,21,27,31,57H,4-8,10-11,13-17,19-20,22-26,28-30,32-56H2,1-3H3/b12-9-,21-18-,31-27-/t57-/m1/s1. The minimum absolute atomic E-state index is 0.0726. The molecule has 0 aliphatic carbocycles. The fourth-order valence-electron chi connectivity index (χ4n) is 8.58. The van der Waals surface area contributed by atoms with Crippen molar-refractivity contribution < 1.29 is 28.6 Å². The lowest BCUT2D eigenvalue weighted by Gasteiger charge is -2.18. The third-order valence-electron chi connectivity index (χ3n) is 12.9. The lowest BCUT2D eigenvalue weighted by atomic mass is 10.0. The van der Waals surface area contributed by atoms with Crippen molar-refractivity contribution in [2.24, 2.45) is 0 Å². The van der Waals surface area contributed by atoms with E-state index in [-0.39, 0.29) is 31.1 Å². The molecule has 0 rings (SSSR count). The molecule has 0 aromatic rings. The molecule has 0 spiro atoms. The second kappa shape index (κ2) is 55.2. The zero-order valence-corrected chi connectivity index (χ0v) is 44.2. The highest BCUT2D eigenvalue weighted by atomic mass is 16.6. The summed E-state index contributed by atoms with van der Waals surface area (Å²) in [7, 11) is 0. The second-order valence-corrected chi connectivity index (χ2v) is 19.5. The minimum Gasteiger partial charge on any atom is -0.462 e. The number of hydrogen-bond acceptors (Lipinski definition) is 6. The first kappa shape index (κ1) is 63.6. The summed E-state index contributed by atoms with van der Waals surface area (Å²) in [5.41, 5.74) is 0. The second-order valence-electron chi connectivity index (χ2n) is 19.5. The van der Waals surface area contributed by atoms with Crippen LogP contribution in [-0.2, 0) is 28.6 Å². The van der Waals surface area contributed by atoms with Gasteiger partial charge in [-0.15, -0.1) is 0 Å². The van der Waals surface area contributed by atoms with Crippen molar-refractivity contribution in [1.29, 1.82) is 0 Å². The van der Waals surface area contributed by atoms with Crippen LogP contribution in [0, 0.1) is 0 Å². The highest BCUT2D eigenvalue weighted by Gasteiger charge is 2.19. The largest absolute Gasteiger partial charge is 0.462 e. The molecule has 6 heteroatoms. The molecule has 0 aliphatic heterocycles. The molecule has 0 saturated carbocycles. The summed E-state index contributed by atoms with van der Waals surface area (Å²) in [6.45, 7) is 6.56. The van der Waals surface area contributed by atoms with Crippen molar-refractivity contribution in [1.82, 2.24) is 0 Å². The SMILES string of the molecule is CC/C=C\C/C=C\C/C=C\CCCCCCCC(=O)OC[C@H](COC(=O)CCCCCCCCCCCCCCCCCCC)OC(=O)CCCCCCCCCCCCCCCCCC. The van der Waals surface area contributed by atoms with E-state index >= 15 is 0 Å². The van der Waals surface area contributed by atoms with Crippen molar-refractivity contribution >= 4 is 17.9 Å². The van der Waals surface area contributed by atoms with E-state index in [0.29, 0.717) is 19.3 Å². The van der Waals surface area contributed by atoms with Gasteiger partial charge in [0.15, 0.2) is 6.10 Å². The molecular formula is C60H110O6. The van der Waals surface area contributed by atoms with Crippen LogP contribution in [0.3, 0.4) is 0 Å². The van der Waals surface area contributed by atoms with Gasteiger partial charge in [0.2, 0.25) is 0 Å². The first-order valence-corrected chi connectivity index (χ1v) is 29.0. The van der Waals surface area contributed by atoms with Crippen LogP contribution >= 0.6 is 0 Å². The molecule has 0 heterocycles. The first-order valence-electron chi connectivity index (χ1n) is 29.0. The maximum Gasteiger partial charge on any atom is 0.306 e. The van der Waals surface area contributed by atoms with Gasteiger partial charge in [0.1, 0.15) is 13.2 Å². The molecular weight excluding hydrogens is 817 g/mol. The summed E-state index contributed by atoms with van der Waals surface area (Å²) >= 11 is 0. The molecule has 0 aromatic carbocycles. The predicted molar refractivity (Wildman–Crippen MR) is 284 cm³/mol. The Kier molecular flexibility index (Phi) is 53.2. The number of rotatable bonds is 53. The summed E-state index contributed by atoms with van der Waals surface area (Å²) in [6, 6.07) is 0. The van der Waals surface area contributed by atoms with Gasteiger partial charge in [-0.05, 0) is 51.4 Å². The van der Waals surface area contributed by atoms with Gasteiger partial charge in [-0.25, -0.2) is 0 Å². The van der Waals surface area contributed by atoms with Gasteiger partial charge in [-0.1, -0.05) is 276 Å². The van der Waals surface area contributed by atoms with Crippen molar-refractivity contribution in [2.45, 2.75) is 316 Å². The molecule has 0 radical (unpaired) electrons. The maximum atomic E-state index is 12.9. The molecule has 0 amide bonds. The van der Waals surface area contributed by atoms with E-state index in [1.807, 2.05) is 0 Å². The Morgan fingerprint density at radius 3 is 0.924 bits per heavy atom. The van der Waals surface area contributed by atoms with Crippen molar-refractivity contribution in [3.63, 3.8) is 0 Å². The smallest absolute Gasteiger partial charge is 0.306 e. The zero-order valence-electron chi connectivity index (χ0n) is 44.2. The van der Waals surface area contributed by atoms with Crippen LogP contribution < -0.4 is 0 Å². The Bertz CT molecular complexity index is 1110. The predicted octanol–water partition coefficient (Wildman–Crippen LogP) is 19.3. The molecule has 0 bridgehead atoms. The van der Waals surface area contributed by atoms with E-state index in [2.05, 4.69) is 57.2 Å². The third kappa shape index (κ3) is 52.6. The van der Waals surface area contributed by atoms with Crippen molar-refractivity contribution in [3.8, 4) is 0 Å². The normalized spacial score (nSPS) is 12.2. The van der Waals surface area contributed by atoms with E-state index in [4.69, 9.17) is 14.2 Å². The van der Waals surface area contributed by atoms with E-state index in [1.54, 1.807) is 0 Å². The monoisotopic (exact) mass is 927 g/mol. The molecule has 0 aliphatic rings. The summed E-state index contributed by atoms with van der Waals surface area (Å²) in [5, 5.41) is 0. The maximum absolute atomic E-state index is 12.9. The van der Waals surface area contributed by atoms with Crippen LogP contribution in [0.25, 0.3) is 0 Å². The number of carbonyl (C=O) groups is 3. The number of esters is 3. The number of hydrogen-bond donors (Lipinski definition) is 0. The van der Waals surface area contributed by atoms with Gasteiger partial charge in [0, 0.05) is 19.3 Å². The fraction of sp³-hybridized carbons (Fsp3) is 0.850. The number of carbonyl (C=O) groups excluding carboxylic acids is 3. The van der Waals surface area contributed by atoms with Crippen molar-refractivity contribution in [3.05, 3.63) is 36.5 Å². The molecule has 1 atom stereocenters. The minimum atomic E-state index is -0.775. The molecule has 0 saturated heterocycles. The Hall–Kier alpha value is -2.37. The first-order chi connectivity index (χ1) is 32.5. The van der Waals surface area contributed by atoms with Crippen molar-refractivity contribution in [2.75, 3.05) is 13.2 Å². The van der Waals surface area contributed by atoms with Gasteiger partial charge in [-0.3, -0.25) is 14.4 Å². The molecule has 66 heavy (non-hydrogen) atoms. The quantitative estimate of drug-likeness (QED) is 0.0262. The van der Waals surface area contributed by atoms with Crippen LogP contribution in [-0.4, -0.2) is 37.2 Å². The Morgan fingerprint density at radius 1 is 0.318 bits per heavy atom. The molecule has 0 fully saturated rings. The van der Waals surface area contributed by atoms with Gasteiger partial charge in [0.25, 0.3) is 0 Å². The van der Waals surface area contributed by atoms with Crippen LogP contribution in [0.2, 0.25) is 0 Å². The third-order valence-corrected chi connectivity index (χ3v) is 12.9. The average molecular weight is 928 g/mol. The average Bonchev–Trinajstić information content (AvgIpc) is 3.31. The molecule has 0 aromatic heterocycles. The Balaban J connectivity index is 4.34. The highest BCUT2D eigenvalue weighted by molar-refractivity contribution is 5.71. The Labute approximate surface area is 410 Å². The van der Waals surface area contributed by atoms with E-state index in [1.165, 1.54) is 173 Å². The summed E-state index contributed by atoms with van der Waals surface area (Å²) < 4.78 is 16.9.